The fraction of sp³-hybridized carbons (Fsp3) is 0.0870. The van der Waals surface area contributed by atoms with E-state index in [1.807, 2.05) is 41.8 Å². The van der Waals surface area contributed by atoms with Crippen molar-refractivity contribution < 1.29 is 19.4 Å². The van der Waals surface area contributed by atoms with Gasteiger partial charge in [0.25, 0.3) is 0 Å². The highest BCUT2D eigenvalue weighted by atomic mass is 32.1. The van der Waals surface area contributed by atoms with E-state index in [4.69, 9.17) is 4.74 Å². The van der Waals surface area contributed by atoms with E-state index in [9.17, 15) is 14.7 Å². The molecule has 1 amide bonds. The monoisotopic (exact) mass is 448 g/mol. The number of fused-ring (bicyclic) bond motifs is 3. The zero-order chi connectivity index (χ0) is 21.4. The fourth-order valence-electron chi connectivity index (χ4n) is 3.82. The van der Waals surface area contributed by atoms with Gasteiger partial charge >= 0.3 is 12.1 Å². The van der Waals surface area contributed by atoms with Crippen molar-refractivity contribution in [3.05, 3.63) is 82.9 Å². The molecule has 1 aliphatic carbocycles. The number of carbonyl (C=O) groups is 2. The Morgan fingerprint density at radius 1 is 1.00 bits per heavy atom. The number of thiophene rings is 1. The molecule has 0 saturated heterocycles. The molecule has 2 aromatic heterocycles. The van der Waals surface area contributed by atoms with Crippen molar-refractivity contribution in [1.29, 1.82) is 0 Å². The number of benzene rings is 2. The van der Waals surface area contributed by atoms with Crippen molar-refractivity contribution in [2.45, 2.75) is 5.92 Å². The second-order valence-corrected chi connectivity index (χ2v) is 8.88. The first-order valence-corrected chi connectivity index (χ1v) is 11.2. The third kappa shape index (κ3) is 3.60. The summed E-state index contributed by atoms with van der Waals surface area (Å²) in [6.45, 7) is 0.175. The minimum absolute atomic E-state index is 0.0503. The number of hydrogen-bond donors (Lipinski definition) is 2. The van der Waals surface area contributed by atoms with Crippen LogP contribution in [0.15, 0.2) is 66.0 Å². The van der Waals surface area contributed by atoms with E-state index in [1.54, 1.807) is 0 Å². The highest BCUT2D eigenvalue weighted by molar-refractivity contribution is 7.23. The minimum atomic E-state index is -1.14. The van der Waals surface area contributed by atoms with E-state index in [1.165, 1.54) is 11.3 Å². The maximum absolute atomic E-state index is 12.5. The van der Waals surface area contributed by atoms with Crippen molar-refractivity contribution in [3.8, 4) is 20.9 Å². The van der Waals surface area contributed by atoms with Crippen LogP contribution >= 0.6 is 22.7 Å². The van der Waals surface area contributed by atoms with Crippen LogP contribution in [-0.4, -0.2) is 28.8 Å². The smallest absolute Gasteiger partial charge is 0.413 e. The molecule has 154 valence electrons. The number of nitrogens with zero attached hydrogens (tertiary/aromatic N) is 1. The molecule has 0 radical (unpaired) electrons. The van der Waals surface area contributed by atoms with Crippen molar-refractivity contribution in [3.63, 3.8) is 0 Å². The molecule has 0 saturated carbocycles. The standard InChI is InChI=1S/C23H16N2O4S2/c26-21(27)19-20(18-10-5-11-30-18)31-22(24-19)25-23(28)29-12-17-15-8-3-1-6-13(15)14-7-2-4-9-16(14)17/h1-11,17H,12H2,(H,26,27)(H,24,25,28). The van der Waals surface area contributed by atoms with E-state index in [0.717, 1.165) is 38.5 Å². The molecule has 8 heteroatoms. The first kappa shape index (κ1) is 19.5. The summed E-state index contributed by atoms with van der Waals surface area (Å²) < 4.78 is 5.52. The molecule has 1 aliphatic rings. The van der Waals surface area contributed by atoms with E-state index < -0.39 is 12.1 Å². The summed E-state index contributed by atoms with van der Waals surface area (Å²) in [5, 5.41) is 14.1. The summed E-state index contributed by atoms with van der Waals surface area (Å²) in [7, 11) is 0. The third-order valence-corrected chi connectivity index (χ3v) is 7.15. The van der Waals surface area contributed by atoms with Crippen LogP contribution < -0.4 is 5.32 Å². The third-order valence-electron chi connectivity index (χ3n) is 5.13. The first-order valence-electron chi connectivity index (χ1n) is 9.52. The molecule has 2 aromatic carbocycles. The van der Waals surface area contributed by atoms with Gasteiger partial charge in [-0.05, 0) is 33.7 Å². The predicted octanol–water partition coefficient (Wildman–Crippen LogP) is 5.93. The molecule has 0 fully saturated rings. The molecular weight excluding hydrogens is 432 g/mol. The summed E-state index contributed by atoms with van der Waals surface area (Å²) in [6, 6.07) is 19.9. The van der Waals surface area contributed by atoms with Crippen LogP contribution in [0.4, 0.5) is 9.93 Å². The van der Waals surface area contributed by atoms with E-state index in [2.05, 4.69) is 34.6 Å². The molecule has 5 rings (SSSR count). The Morgan fingerprint density at radius 3 is 2.29 bits per heavy atom. The average molecular weight is 449 g/mol. The number of amides is 1. The van der Waals surface area contributed by atoms with E-state index >= 15 is 0 Å². The molecule has 6 nitrogen and oxygen atoms in total. The number of rotatable bonds is 5. The summed E-state index contributed by atoms with van der Waals surface area (Å²) in [5.74, 6) is -1.19. The van der Waals surface area contributed by atoms with E-state index in [0.29, 0.717) is 4.88 Å². The quantitative estimate of drug-likeness (QED) is 0.395. The molecule has 0 spiro atoms. The van der Waals surface area contributed by atoms with Crippen molar-refractivity contribution in [2.24, 2.45) is 0 Å². The Morgan fingerprint density at radius 2 is 1.68 bits per heavy atom. The minimum Gasteiger partial charge on any atom is -0.476 e. The lowest BCUT2D eigenvalue weighted by Gasteiger charge is -2.14. The van der Waals surface area contributed by atoms with Gasteiger partial charge in [-0.2, -0.15) is 0 Å². The Kier molecular flexibility index (Phi) is 5.01. The van der Waals surface area contributed by atoms with Gasteiger partial charge in [0, 0.05) is 10.8 Å². The maximum Gasteiger partial charge on any atom is 0.413 e. The lowest BCUT2D eigenvalue weighted by atomic mass is 9.98. The molecule has 4 aromatic rings. The Hall–Kier alpha value is -3.49. The van der Waals surface area contributed by atoms with Crippen LogP contribution in [0.1, 0.15) is 27.5 Å². The Bertz CT molecular complexity index is 1230. The number of thiazole rings is 1. The Balaban J connectivity index is 1.32. The maximum atomic E-state index is 12.5. The molecule has 0 aliphatic heterocycles. The molecule has 0 unspecified atom stereocenters. The average Bonchev–Trinajstić information content (AvgIpc) is 3.50. The van der Waals surface area contributed by atoms with Gasteiger partial charge in [0.2, 0.25) is 0 Å². The molecule has 0 atom stereocenters. The van der Waals surface area contributed by atoms with Gasteiger partial charge in [0.15, 0.2) is 10.8 Å². The number of nitrogens with one attached hydrogen (secondary N) is 1. The van der Waals surface area contributed by atoms with Gasteiger partial charge < -0.3 is 9.84 Å². The van der Waals surface area contributed by atoms with Crippen LogP contribution in [0.2, 0.25) is 0 Å². The van der Waals surface area contributed by atoms with E-state index in [-0.39, 0.29) is 23.4 Å². The highest BCUT2D eigenvalue weighted by Crippen LogP contribution is 2.44. The number of anilines is 1. The van der Waals surface area contributed by atoms with Crippen LogP contribution in [0.3, 0.4) is 0 Å². The summed E-state index contributed by atoms with van der Waals surface area (Å²) in [6.07, 6.45) is -0.662. The molecule has 31 heavy (non-hydrogen) atoms. The second kappa shape index (κ2) is 7.98. The Labute approximate surface area is 185 Å². The number of carbonyl (C=O) groups excluding carboxylic acids is 1. The number of carboxylic acids is 1. The van der Waals surface area contributed by atoms with Crippen LogP contribution in [0, 0.1) is 0 Å². The first-order chi connectivity index (χ1) is 15.1. The van der Waals surface area contributed by atoms with Crippen molar-refractivity contribution in [2.75, 3.05) is 11.9 Å². The number of carboxylic acid groups (broad SMARTS) is 1. The zero-order valence-electron chi connectivity index (χ0n) is 16.1. The normalized spacial score (nSPS) is 12.3. The second-order valence-electron chi connectivity index (χ2n) is 6.93. The number of aromatic carboxylic acids is 1. The molecular formula is C23H16N2O4S2. The van der Waals surface area contributed by atoms with Crippen LogP contribution in [0.5, 0.6) is 0 Å². The number of hydrogen-bond acceptors (Lipinski definition) is 6. The predicted molar refractivity (Wildman–Crippen MR) is 121 cm³/mol. The van der Waals surface area contributed by atoms with Crippen LogP contribution in [0.25, 0.3) is 20.9 Å². The highest BCUT2D eigenvalue weighted by Gasteiger charge is 2.29. The van der Waals surface area contributed by atoms with Gasteiger partial charge in [-0.15, -0.1) is 11.3 Å². The number of ether oxygens (including phenoxy) is 1. The summed E-state index contributed by atoms with van der Waals surface area (Å²) >= 11 is 2.53. The van der Waals surface area contributed by atoms with Gasteiger partial charge in [-0.1, -0.05) is 65.9 Å². The molecule has 0 bridgehead atoms. The summed E-state index contributed by atoms with van der Waals surface area (Å²) in [4.78, 5) is 29.4. The van der Waals surface area contributed by atoms with Gasteiger partial charge in [0.1, 0.15) is 6.61 Å². The van der Waals surface area contributed by atoms with Crippen molar-refractivity contribution in [1.82, 2.24) is 4.98 Å². The number of aromatic nitrogens is 1. The largest absolute Gasteiger partial charge is 0.476 e. The molecule has 2 N–H and O–H groups in total. The lowest BCUT2D eigenvalue weighted by Crippen LogP contribution is -2.18. The van der Waals surface area contributed by atoms with Gasteiger partial charge in [0.05, 0.1) is 4.88 Å². The van der Waals surface area contributed by atoms with Gasteiger partial charge in [-0.3, -0.25) is 5.32 Å². The topological polar surface area (TPSA) is 88.5 Å². The van der Waals surface area contributed by atoms with Crippen LogP contribution in [-0.2, 0) is 4.74 Å². The summed E-state index contributed by atoms with van der Waals surface area (Å²) in [5.41, 5.74) is 4.47. The van der Waals surface area contributed by atoms with Gasteiger partial charge in [-0.25, -0.2) is 14.6 Å². The molecule has 2 heterocycles. The zero-order valence-corrected chi connectivity index (χ0v) is 17.7. The lowest BCUT2D eigenvalue weighted by molar-refractivity contribution is 0.0692. The fourth-order valence-corrected chi connectivity index (χ4v) is 5.61. The SMILES string of the molecule is O=C(Nc1nc(C(=O)O)c(-c2cccs2)s1)OCC1c2ccccc2-c2ccccc21. The van der Waals surface area contributed by atoms with Crippen molar-refractivity contribution >= 4 is 39.9 Å².